The van der Waals surface area contributed by atoms with Gasteiger partial charge in [-0.05, 0) is 18.2 Å². The summed E-state index contributed by atoms with van der Waals surface area (Å²) in [6, 6.07) is 6.33. The lowest BCUT2D eigenvalue weighted by molar-refractivity contribution is 0.627. The lowest BCUT2D eigenvalue weighted by atomic mass is 10.1. The van der Waals surface area contributed by atoms with Crippen molar-refractivity contribution in [3.63, 3.8) is 0 Å². The summed E-state index contributed by atoms with van der Waals surface area (Å²) in [6.45, 7) is 0. The summed E-state index contributed by atoms with van der Waals surface area (Å²) in [5.74, 6) is 0.244. The van der Waals surface area contributed by atoms with Crippen molar-refractivity contribution in [3.8, 4) is 11.3 Å². The van der Waals surface area contributed by atoms with Crippen LogP contribution in [0, 0.1) is 5.82 Å². The number of aryl methyl sites for hydroxylation is 1. The second-order valence-electron chi connectivity index (χ2n) is 3.24. The molecule has 0 aliphatic carbocycles. The van der Waals surface area contributed by atoms with Crippen molar-refractivity contribution in [1.29, 1.82) is 0 Å². The van der Waals surface area contributed by atoms with Gasteiger partial charge in [0, 0.05) is 23.2 Å². The minimum Gasteiger partial charge on any atom is -0.384 e. The van der Waals surface area contributed by atoms with Crippen molar-refractivity contribution in [2.24, 2.45) is 7.05 Å². The van der Waals surface area contributed by atoms with E-state index in [4.69, 9.17) is 5.73 Å². The number of halogens is 2. The average molecular weight is 270 g/mol. The number of benzene rings is 1. The van der Waals surface area contributed by atoms with Crippen LogP contribution in [-0.2, 0) is 7.05 Å². The van der Waals surface area contributed by atoms with Crippen LogP contribution in [0.15, 0.2) is 28.7 Å². The maximum Gasteiger partial charge on any atom is 0.125 e. The fourth-order valence-electron chi connectivity index (χ4n) is 1.32. The summed E-state index contributed by atoms with van der Waals surface area (Å²) in [5.41, 5.74) is 7.01. The molecule has 0 atom stereocenters. The molecule has 0 fully saturated rings. The molecule has 78 valence electrons. The topological polar surface area (TPSA) is 43.8 Å². The highest BCUT2D eigenvalue weighted by atomic mass is 79.9. The number of aromatic nitrogens is 2. The summed E-state index contributed by atoms with van der Waals surface area (Å²) in [6.07, 6.45) is 0. The molecule has 5 heteroatoms. The number of rotatable bonds is 1. The maximum atomic E-state index is 13.1. The van der Waals surface area contributed by atoms with Crippen LogP contribution in [0.5, 0.6) is 0 Å². The Bertz CT molecular complexity index is 468. The maximum absolute atomic E-state index is 13.1. The molecule has 0 amide bonds. The molecule has 0 saturated heterocycles. The summed E-state index contributed by atoms with van der Waals surface area (Å²) < 4.78 is 15.4. The molecule has 1 heterocycles. The molecule has 0 saturated carbocycles. The summed E-state index contributed by atoms with van der Waals surface area (Å²) in [7, 11) is 1.74. The van der Waals surface area contributed by atoms with E-state index < -0.39 is 0 Å². The Labute approximate surface area is 94.8 Å². The van der Waals surface area contributed by atoms with Crippen LogP contribution in [0.1, 0.15) is 0 Å². The predicted molar refractivity (Wildman–Crippen MR) is 60.7 cm³/mol. The van der Waals surface area contributed by atoms with Gasteiger partial charge in [0.1, 0.15) is 11.6 Å². The Morgan fingerprint density at radius 1 is 1.33 bits per heavy atom. The molecule has 1 aromatic heterocycles. The molecule has 3 nitrogen and oxygen atoms in total. The van der Waals surface area contributed by atoms with Gasteiger partial charge in [0.2, 0.25) is 0 Å². The summed E-state index contributed by atoms with van der Waals surface area (Å²) in [5, 5.41) is 4.17. The van der Waals surface area contributed by atoms with Crippen molar-refractivity contribution in [2.45, 2.75) is 0 Å². The fourth-order valence-corrected chi connectivity index (χ4v) is 1.79. The molecule has 0 spiro atoms. The molecule has 2 aromatic rings. The number of nitrogens with zero attached hydrogens (tertiary/aromatic N) is 2. The van der Waals surface area contributed by atoms with Crippen LogP contribution in [-0.4, -0.2) is 9.78 Å². The Morgan fingerprint density at radius 2 is 2.07 bits per heavy atom. The average Bonchev–Trinajstić information content (AvgIpc) is 2.45. The molecule has 0 radical (unpaired) electrons. The lowest BCUT2D eigenvalue weighted by Crippen LogP contribution is -1.96. The van der Waals surface area contributed by atoms with Crippen molar-refractivity contribution >= 4 is 21.7 Å². The standard InChI is InChI=1S/C10H9BrFN3/c1-15-10(13)5-9(14-15)6-2-7(11)4-8(12)3-6/h2-5H,13H2,1H3. The lowest BCUT2D eigenvalue weighted by Gasteiger charge is -1.98. The number of nitrogen functional groups attached to an aromatic ring is 1. The van der Waals surface area contributed by atoms with Gasteiger partial charge in [-0.3, -0.25) is 4.68 Å². The van der Waals surface area contributed by atoms with Crippen molar-refractivity contribution in [3.05, 3.63) is 34.6 Å². The second-order valence-corrected chi connectivity index (χ2v) is 4.15. The van der Waals surface area contributed by atoms with Crippen LogP contribution < -0.4 is 5.73 Å². The van der Waals surface area contributed by atoms with Gasteiger partial charge < -0.3 is 5.73 Å². The van der Waals surface area contributed by atoms with Crippen LogP contribution >= 0.6 is 15.9 Å². The van der Waals surface area contributed by atoms with Crippen LogP contribution in [0.4, 0.5) is 10.2 Å². The molecule has 0 unspecified atom stereocenters. The van der Waals surface area contributed by atoms with E-state index in [0.29, 0.717) is 21.5 Å². The van der Waals surface area contributed by atoms with E-state index >= 15 is 0 Å². The minimum absolute atomic E-state index is 0.302. The highest BCUT2D eigenvalue weighted by Gasteiger charge is 2.06. The van der Waals surface area contributed by atoms with Gasteiger partial charge in [-0.2, -0.15) is 5.10 Å². The van der Waals surface area contributed by atoms with E-state index in [1.807, 2.05) is 0 Å². The minimum atomic E-state index is -0.302. The molecule has 2 rings (SSSR count). The zero-order valence-electron chi connectivity index (χ0n) is 8.04. The SMILES string of the molecule is Cn1nc(-c2cc(F)cc(Br)c2)cc1N. The van der Waals surface area contributed by atoms with Gasteiger partial charge in [0.05, 0.1) is 5.69 Å². The van der Waals surface area contributed by atoms with Gasteiger partial charge in [0.25, 0.3) is 0 Å². The Hall–Kier alpha value is -1.36. The molecule has 0 aliphatic rings. The Morgan fingerprint density at radius 3 is 2.60 bits per heavy atom. The number of nitrogens with two attached hydrogens (primary N) is 1. The van der Waals surface area contributed by atoms with E-state index in [2.05, 4.69) is 21.0 Å². The second kappa shape index (κ2) is 3.66. The first-order valence-corrected chi connectivity index (χ1v) is 5.11. The predicted octanol–water partition coefficient (Wildman–Crippen LogP) is 2.57. The molecule has 0 bridgehead atoms. The third-order valence-corrected chi connectivity index (χ3v) is 2.53. The third-order valence-electron chi connectivity index (χ3n) is 2.07. The van der Waals surface area contributed by atoms with Crippen LogP contribution in [0.25, 0.3) is 11.3 Å². The van der Waals surface area contributed by atoms with Crippen LogP contribution in [0.2, 0.25) is 0 Å². The smallest absolute Gasteiger partial charge is 0.125 e. The van der Waals surface area contributed by atoms with Gasteiger partial charge in [-0.1, -0.05) is 15.9 Å². The Balaban J connectivity index is 2.53. The van der Waals surface area contributed by atoms with Crippen molar-refractivity contribution < 1.29 is 4.39 Å². The van der Waals surface area contributed by atoms with E-state index in [1.54, 1.807) is 23.9 Å². The largest absolute Gasteiger partial charge is 0.384 e. The zero-order chi connectivity index (χ0) is 11.0. The van der Waals surface area contributed by atoms with E-state index in [1.165, 1.54) is 12.1 Å². The first kappa shape index (κ1) is 10.2. The van der Waals surface area contributed by atoms with Gasteiger partial charge >= 0.3 is 0 Å². The first-order valence-electron chi connectivity index (χ1n) is 4.32. The molecule has 15 heavy (non-hydrogen) atoms. The van der Waals surface area contributed by atoms with Crippen molar-refractivity contribution in [2.75, 3.05) is 5.73 Å². The third kappa shape index (κ3) is 2.02. The van der Waals surface area contributed by atoms with E-state index in [9.17, 15) is 4.39 Å². The number of hydrogen-bond acceptors (Lipinski definition) is 2. The molecular weight excluding hydrogens is 261 g/mol. The fraction of sp³-hybridized carbons (Fsp3) is 0.100. The molecule has 0 aliphatic heterocycles. The van der Waals surface area contributed by atoms with Crippen LogP contribution in [0.3, 0.4) is 0 Å². The molecular formula is C10H9BrFN3. The van der Waals surface area contributed by atoms with Gasteiger partial charge in [-0.25, -0.2) is 4.39 Å². The highest BCUT2D eigenvalue weighted by molar-refractivity contribution is 9.10. The number of hydrogen-bond donors (Lipinski definition) is 1. The Kier molecular flexibility index (Phi) is 2.48. The first-order chi connectivity index (χ1) is 7.06. The van der Waals surface area contributed by atoms with E-state index in [0.717, 1.165) is 0 Å². The molecule has 2 N–H and O–H groups in total. The highest BCUT2D eigenvalue weighted by Crippen LogP contribution is 2.24. The van der Waals surface area contributed by atoms with Crippen molar-refractivity contribution in [1.82, 2.24) is 9.78 Å². The summed E-state index contributed by atoms with van der Waals surface area (Å²) >= 11 is 3.23. The number of anilines is 1. The molecule has 1 aromatic carbocycles. The quantitative estimate of drug-likeness (QED) is 0.865. The normalized spacial score (nSPS) is 10.6. The zero-order valence-corrected chi connectivity index (χ0v) is 9.62. The van der Waals surface area contributed by atoms with Gasteiger partial charge in [0.15, 0.2) is 0 Å². The summed E-state index contributed by atoms with van der Waals surface area (Å²) in [4.78, 5) is 0. The van der Waals surface area contributed by atoms with Gasteiger partial charge in [-0.15, -0.1) is 0 Å². The monoisotopic (exact) mass is 269 g/mol. The van der Waals surface area contributed by atoms with E-state index in [-0.39, 0.29) is 5.82 Å².